The zero-order chi connectivity index (χ0) is 31.0. The van der Waals surface area contributed by atoms with E-state index in [2.05, 4.69) is 20.8 Å². The Balaban J connectivity index is 0.000000349. The van der Waals surface area contributed by atoms with Gasteiger partial charge in [0, 0.05) is 17.8 Å². The average molecular weight is 591 g/mol. The number of aromatic nitrogens is 2. The van der Waals surface area contributed by atoms with E-state index in [-0.39, 0.29) is 11.9 Å². The minimum Gasteiger partial charge on any atom is -0.497 e. The number of aliphatic carboxylic acids is 2. The van der Waals surface area contributed by atoms with Crippen molar-refractivity contribution in [2.75, 3.05) is 18.2 Å². The van der Waals surface area contributed by atoms with E-state index in [1.165, 1.54) is 5.56 Å². The maximum absolute atomic E-state index is 12.7. The van der Waals surface area contributed by atoms with Crippen LogP contribution >= 0.6 is 0 Å². The lowest BCUT2D eigenvalue weighted by atomic mass is 9.95. The standard InChI is InChI=1S/C20H21N5O2.2C2HF3O2/c1-27-16-7-4-13-10-22-18(9-14(13)8-16)20(26)24-15-5-2-12(3-6-15)17-11-23-25-19(17)21;2*3-2(4,5)1(6)7/h2-8,11,18,22H,9-10H2,1H3,(H,24,26)(H3,21,23,25);2*(H,6,7). The van der Waals surface area contributed by atoms with Gasteiger partial charge in [-0.05, 0) is 47.4 Å². The van der Waals surface area contributed by atoms with Crippen molar-refractivity contribution in [2.45, 2.75) is 31.4 Å². The number of alkyl halides is 6. The molecule has 17 heteroatoms. The first-order chi connectivity index (χ1) is 19.0. The molecule has 1 atom stereocenters. The maximum Gasteiger partial charge on any atom is 0.490 e. The Kier molecular flexibility index (Phi) is 10.7. The van der Waals surface area contributed by atoms with Gasteiger partial charge >= 0.3 is 24.3 Å². The van der Waals surface area contributed by atoms with Crippen LogP contribution in [0.1, 0.15) is 11.1 Å². The number of nitrogens with two attached hydrogens (primary N) is 1. The molecule has 1 aliphatic rings. The summed E-state index contributed by atoms with van der Waals surface area (Å²) >= 11 is 0. The first-order valence-electron chi connectivity index (χ1n) is 11.2. The number of hydrogen-bond acceptors (Lipinski definition) is 7. The van der Waals surface area contributed by atoms with Crippen LogP contribution in [0.4, 0.5) is 37.8 Å². The molecule has 0 aliphatic carbocycles. The largest absolute Gasteiger partial charge is 0.497 e. The predicted molar refractivity (Wildman–Crippen MR) is 132 cm³/mol. The van der Waals surface area contributed by atoms with Crippen molar-refractivity contribution < 1.29 is 55.7 Å². The van der Waals surface area contributed by atoms with Gasteiger partial charge in [-0.15, -0.1) is 0 Å². The van der Waals surface area contributed by atoms with Crippen LogP contribution in [0.25, 0.3) is 11.1 Å². The summed E-state index contributed by atoms with van der Waals surface area (Å²) in [7, 11) is 1.65. The number of halogens is 6. The number of rotatable bonds is 4. The number of ether oxygens (including phenoxy) is 1. The molecule has 0 spiro atoms. The van der Waals surface area contributed by atoms with Gasteiger partial charge in [0.15, 0.2) is 0 Å². The molecule has 0 bridgehead atoms. The van der Waals surface area contributed by atoms with Crippen LogP contribution < -0.4 is 21.1 Å². The molecule has 1 aromatic heterocycles. The monoisotopic (exact) mass is 591 g/mol. The van der Waals surface area contributed by atoms with Crippen molar-refractivity contribution in [1.82, 2.24) is 15.5 Å². The van der Waals surface area contributed by atoms with Crippen molar-refractivity contribution >= 4 is 29.4 Å². The number of hydrogen-bond donors (Lipinski definition) is 6. The van der Waals surface area contributed by atoms with Crippen molar-refractivity contribution in [2.24, 2.45) is 0 Å². The van der Waals surface area contributed by atoms with Gasteiger partial charge in [-0.2, -0.15) is 31.4 Å². The molecule has 3 aromatic rings. The van der Waals surface area contributed by atoms with E-state index in [0.717, 1.165) is 28.1 Å². The number of fused-ring (bicyclic) bond motifs is 1. The Labute approximate surface area is 227 Å². The minimum absolute atomic E-state index is 0.0564. The molecule has 7 N–H and O–H groups in total. The highest BCUT2D eigenvalue weighted by molar-refractivity contribution is 5.95. The van der Waals surface area contributed by atoms with Crippen LogP contribution in [-0.2, 0) is 27.3 Å². The molecule has 2 heterocycles. The van der Waals surface area contributed by atoms with E-state index >= 15 is 0 Å². The molecule has 0 saturated carbocycles. The normalized spacial score (nSPS) is 14.3. The number of nitrogens with one attached hydrogen (secondary N) is 3. The van der Waals surface area contributed by atoms with Crippen LogP contribution in [0.2, 0.25) is 0 Å². The van der Waals surface area contributed by atoms with Gasteiger partial charge in [0.1, 0.15) is 11.6 Å². The number of nitrogens with zero attached hydrogens (tertiary/aromatic N) is 1. The molecule has 1 amide bonds. The number of amides is 1. The number of benzene rings is 2. The molecule has 41 heavy (non-hydrogen) atoms. The molecule has 2 aromatic carbocycles. The van der Waals surface area contributed by atoms with Crippen molar-refractivity contribution in [1.29, 1.82) is 0 Å². The summed E-state index contributed by atoms with van der Waals surface area (Å²) in [6.45, 7) is 0.663. The highest BCUT2D eigenvalue weighted by Crippen LogP contribution is 2.26. The summed E-state index contributed by atoms with van der Waals surface area (Å²) in [6, 6.07) is 13.2. The Morgan fingerprint density at radius 2 is 1.54 bits per heavy atom. The molecule has 4 rings (SSSR count). The zero-order valence-electron chi connectivity index (χ0n) is 20.9. The first kappa shape index (κ1) is 32.4. The Hall–Kier alpha value is -4.80. The lowest BCUT2D eigenvalue weighted by molar-refractivity contribution is -0.193. The van der Waals surface area contributed by atoms with Crippen molar-refractivity contribution in [3.8, 4) is 16.9 Å². The predicted octanol–water partition coefficient (Wildman–Crippen LogP) is 3.59. The Morgan fingerprint density at radius 1 is 0.976 bits per heavy atom. The van der Waals surface area contributed by atoms with E-state index in [9.17, 15) is 31.1 Å². The number of carbonyl (C=O) groups is 3. The fourth-order valence-corrected chi connectivity index (χ4v) is 3.29. The number of aromatic amines is 1. The number of methoxy groups -OCH3 is 1. The second kappa shape index (κ2) is 13.5. The molecule has 11 nitrogen and oxygen atoms in total. The number of anilines is 2. The van der Waals surface area contributed by atoms with Gasteiger partial charge < -0.3 is 31.3 Å². The maximum atomic E-state index is 12.7. The van der Waals surface area contributed by atoms with E-state index in [1.807, 2.05) is 42.5 Å². The van der Waals surface area contributed by atoms with Gasteiger partial charge in [0.05, 0.1) is 19.3 Å². The third kappa shape index (κ3) is 9.71. The third-order valence-corrected chi connectivity index (χ3v) is 5.31. The average Bonchev–Trinajstić information content (AvgIpc) is 3.33. The second-order valence-electron chi connectivity index (χ2n) is 8.14. The highest BCUT2D eigenvalue weighted by Gasteiger charge is 2.38. The summed E-state index contributed by atoms with van der Waals surface area (Å²) in [6.07, 6.45) is -7.86. The Morgan fingerprint density at radius 3 is 2.00 bits per heavy atom. The summed E-state index contributed by atoms with van der Waals surface area (Å²) in [5.41, 5.74) is 10.7. The molecule has 1 unspecified atom stereocenters. The topological polar surface area (TPSA) is 180 Å². The minimum atomic E-state index is -5.08. The highest BCUT2D eigenvalue weighted by atomic mass is 19.4. The summed E-state index contributed by atoms with van der Waals surface area (Å²) in [5.74, 6) is -4.24. The number of carbonyl (C=O) groups excluding carboxylic acids is 1. The van der Waals surface area contributed by atoms with Crippen LogP contribution in [0.5, 0.6) is 5.75 Å². The lowest BCUT2D eigenvalue weighted by Crippen LogP contribution is -2.44. The lowest BCUT2D eigenvalue weighted by Gasteiger charge is -2.25. The van der Waals surface area contributed by atoms with Crippen LogP contribution in [0.3, 0.4) is 0 Å². The summed E-state index contributed by atoms with van der Waals surface area (Å²) in [5, 5.41) is 27.2. The molecule has 222 valence electrons. The third-order valence-electron chi connectivity index (χ3n) is 5.31. The number of nitrogen functional groups attached to an aromatic ring is 1. The van der Waals surface area contributed by atoms with Crippen molar-refractivity contribution in [3.63, 3.8) is 0 Å². The molecular weight excluding hydrogens is 568 g/mol. The zero-order valence-corrected chi connectivity index (χ0v) is 20.9. The van der Waals surface area contributed by atoms with E-state index in [1.54, 1.807) is 13.3 Å². The second-order valence-corrected chi connectivity index (χ2v) is 8.14. The molecule has 1 aliphatic heterocycles. The Bertz CT molecular complexity index is 1330. The fourth-order valence-electron chi connectivity index (χ4n) is 3.29. The van der Waals surface area contributed by atoms with Gasteiger partial charge in [0.2, 0.25) is 5.91 Å². The van der Waals surface area contributed by atoms with E-state index < -0.39 is 24.3 Å². The van der Waals surface area contributed by atoms with E-state index in [4.69, 9.17) is 30.3 Å². The van der Waals surface area contributed by atoms with Gasteiger partial charge in [0.25, 0.3) is 0 Å². The van der Waals surface area contributed by atoms with E-state index in [0.29, 0.717) is 18.8 Å². The quantitative estimate of drug-likeness (QED) is 0.247. The van der Waals surface area contributed by atoms with Gasteiger partial charge in [-0.1, -0.05) is 18.2 Å². The molecular formula is C24H23F6N5O6. The van der Waals surface area contributed by atoms with Gasteiger partial charge in [-0.3, -0.25) is 9.89 Å². The summed E-state index contributed by atoms with van der Waals surface area (Å²) in [4.78, 5) is 30.5. The van der Waals surface area contributed by atoms with Crippen LogP contribution in [0.15, 0.2) is 48.7 Å². The summed E-state index contributed by atoms with van der Waals surface area (Å²) < 4.78 is 68.8. The van der Waals surface area contributed by atoms with Crippen LogP contribution in [0, 0.1) is 0 Å². The van der Waals surface area contributed by atoms with Gasteiger partial charge in [-0.25, -0.2) is 9.59 Å². The SMILES string of the molecule is COc1ccc2c(c1)CC(C(=O)Nc1ccc(-c3cn[nH]c3N)cc1)NC2.O=C(O)C(F)(F)F.O=C(O)C(F)(F)F. The molecule has 0 fully saturated rings. The number of carboxylic acid groups (broad SMARTS) is 2. The smallest absolute Gasteiger partial charge is 0.490 e. The molecule has 0 radical (unpaired) electrons. The number of H-pyrrole nitrogens is 1. The van der Waals surface area contributed by atoms with Crippen molar-refractivity contribution in [3.05, 3.63) is 59.8 Å². The number of carboxylic acids is 2. The van der Waals surface area contributed by atoms with Crippen LogP contribution in [-0.4, -0.2) is 63.8 Å². The molecule has 0 saturated heterocycles. The fraction of sp³-hybridized carbons (Fsp3) is 0.250. The first-order valence-corrected chi connectivity index (χ1v) is 11.2.